The second kappa shape index (κ2) is 9.08. The van der Waals surface area contributed by atoms with Gasteiger partial charge in [0.25, 0.3) is 0 Å². The van der Waals surface area contributed by atoms with Crippen LogP contribution in [0.25, 0.3) is 22.6 Å². The van der Waals surface area contributed by atoms with Gasteiger partial charge >= 0.3 is 0 Å². The Labute approximate surface area is 186 Å². The molecule has 0 spiro atoms. The second-order valence-electron chi connectivity index (χ2n) is 7.69. The van der Waals surface area contributed by atoms with Gasteiger partial charge in [0, 0.05) is 19.2 Å². The molecule has 0 radical (unpaired) electrons. The lowest BCUT2D eigenvalue weighted by Crippen LogP contribution is -2.16. The Morgan fingerprint density at radius 2 is 1.74 bits per heavy atom. The molecule has 7 heteroatoms. The van der Waals surface area contributed by atoms with Gasteiger partial charge in [-0.05, 0) is 18.4 Å². The Kier molecular flexibility index (Phi) is 5.86. The summed E-state index contributed by atoms with van der Waals surface area (Å²) in [6.07, 6.45) is 4.44. The van der Waals surface area contributed by atoms with Gasteiger partial charge < -0.3 is 13.9 Å². The van der Waals surface area contributed by atoms with Crippen molar-refractivity contribution < 1.29 is 4.74 Å². The molecule has 1 atom stereocenters. The van der Waals surface area contributed by atoms with Crippen LogP contribution in [0, 0.1) is 0 Å². The molecule has 1 aliphatic rings. The van der Waals surface area contributed by atoms with E-state index in [-0.39, 0.29) is 6.10 Å². The van der Waals surface area contributed by atoms with E-state index in [1.807, 2.05) is 37.5 Å². The molecule has 2 aromatic carbocycles. The van der Waals surface area contributed by atoms with E-state index >= 15 is 0 Å². The van der Waals surface area contributed by atoms with Crippen molar-refractivity contribution >= 4 is 11.8 Å². The highest BCUT2D eigenvalue weighted by molar-refractivity contribution is 7.98. The van der Waals surface area contributed by atoms with Gasteiger partial charge in [-0.2, -0.15) is 0 Å². The largest absolute Gasteiger partial charge is 0.376 e. The first kappa shape index (κ1) is 20.0. The van der Waals surface area contributed by atoms with Gasteiger partial charge in [-0.15, -0.1) is 10.2 Å². The Morgan fingerprint density at radius 3 is 2.45 bits per heavy atom. The van der Waals surface area contributed by atoms with Gasteiger partial charge in [0.15, 0.2) is 11.0 Å². The topological polar surface area (TPSA) is 57.8 Å². The van der Waals surface area contributed by atoms with Crippen LogP contribution in [0.1, 0.15) is 18.7 Å². The van der Waals surface area contributed by atoms with E-state index < -0.39 is 0 Å². The van der Waals surface area contributed by atoms with E-state index in [9.17, 15) is 0 Å². The molecule has 6 nitrogen and oxygen atoms in total. The quantitative estimate of drug-likeness (QED) is 0.393. The SMILES string of the molecule is Cn1c(CSc2ncc(-c3ccccc3)n2CC2CCCO2)nnc1-c1ccccc1. The molecule has 1 aliphatic heterocycles. The van der Waals surface area contributed by atoms with Crippen molar-refractivity contribution in [2.75, 3.05) is 6.61 Å². The van der Waals surface area contributed by atoms with Gasteiger partial charge in [-0.25, -0.2) is 4.98 Å². The summed E-state index contributed by atoms with van der Waals surface area (Å²) in [5.74, 6) is 2.51. The predicted octanol–water partition coefficient (Wildman–Crippen LogP) is 4.82. The van der Waals surface area contributed by atoms with Crippen molar-refractivity contribution in [2.24, 2.45) is 7.05 Å². The minimum absolute atomic E-state index is 0.246. The van der Waals surface area contributed by atoms with Gasteiger partial charge in [-0.1, -0.05) is 72.4 Å². The third kappa shape index (κ3) is 4.29. The van der Waals surface area contributed by atoms with Crippen LogP contribution in [0.3, 0.4) is 0 Å². The van der Waals surface area contributed by atoms with E-state index in [4.69, 9.17) is 9.72 Å². The predicted molar refractivity (Wildman–Crippen MR) is 123 cm³/mol. The zero-order chi connectivity index (χ0) is 21.0. The molecule has 4 aromatic rings. The number of rotatable bonds is 7. The molecule has 31 heavy (non-hydrogen) atoms. The number of hydrogen-bond donors (Lipinski definition) is 0. The number of imidazole rings is 1. The number of aromatic nitrogens is 5. The molecular formula is C24H25N5OS. The lowest BCUT2D eigenvalue weighted by Gasteiger charge is -2.16. The van der Waals surface area contributed by atoms with Crippen molar-refractivity contribution in [3.8, 4) is 22.6 Å². The molecule has 0 N–H and O–H groups in total. The van der Waals surface area contributed by atoms with E-state index in [0.717, 1.165) is 54.1 Å². The average molecular weight is 432 g/mol. The molecular weight excluding hydrogens is 406 g/mol. The third-order valence-corrected chi connectivity index (χ3v) is 6.61. The second-order valence-corrected chi connectivity index (χ2v) is 8.63. The molecule has 0 aliphatic carbocycles. The van der Waals surface area contributed by atoms with Gasteiger partial charge in [0.1, 0.15) is 5.82 Å². The van der Waals surface area contributed by atoms with Crippen molar-refractivity contribution in [3.05, 3.63) is 72.7 Å². The normalized spacial score (nSPS) is 16.1. The summed E-state index contributed by atoms with van der Waals surface area (Å²) in [5.41, 5.74) is 3.37. The highest BCUT2D eigenvalue weighted by Gasteiger charge is 2.21. The fraction of sp³-hybridized carbons (Fsp3) is 0.292. The van der Waals surface area contributed by atoms with Gasteiger partial charge in [0.2, 0.25) is 0 Å². The van der Waals surface area contributed by atoms with Gasteiger partial charge in [-0.3, -0.25) is 0 Å². The lowest BCUT2D eigenvalue weighted by molar-refractivity contribution is 0.0954. The molecule has 5 rings (SSSR count). The fourth-order valence-corrected chi connectivity index (χ4v) is 4.90. The van der Waals surface area contributed by atoms with E-state index in [0.29, 0.717) is 5.75 Å². The first-order valence-corrected chi connectivity index (χ1v) is 11.6. The average Bonchev–Trinajstić information content (AvgIpc) is 3.55. The van der Waals surface area contributed by atoms with Crippen LogP contribution in [0.15, 0.2) is 72.0 Å². The molecule has 1 fully saturated rings. The fourth-order valence-electron chi connectivity index (χ4n) is 3.94. The maximum absolute atomic E-state index is 5.92. The van der Waals surface area contributed by atoms with Crippen LogP contribution in [-0.4, -0.2) is 37.0 Å². The highest BCUT2D eigenvalue weighted by Crippen LogP contribution is 2.30. The Hall–Kier alpha value is -2.90. The number of hydrogen-bond acceptors (Lipinski definition) is 5. The smallest absolute Gasteiger partial charge is 0.168 e. The summed E-state index contributed by atoms with van der Waals surface area (Å²) in [7, 11) is 2.02. The Bertz CT molecular complexity index is 1130. The molecule has 2 aromatic heterocycles. The van der Waals surface area contributed by atoms with Crippen molar-refractivity contribution in [1.29, 1.82) is 0 Å². The van der Waals surface area contributed by atoms with Crippen molar-refractivity contribution in [1.82, 2.24) is 24.3 Å². The molecule has 1 unspecified atom stereocenters. The van der Waals surface area contributed by atoms with E-state index in [1.165, 1.54) is 5.56 Å². The Morgan fingerprint density at radius 1 is 1.00 bits per heavy atom. The number of nitrogens with zero attached hydrogens (tertiary/aromatic N) is 5. The van der Waals surface area contributed by atoms with Gasteiger partial charge in [0.05, 0.1) is 30.3 Å². The summed E-state index contributed by atoms with van der Waals surface area (Å²) in [4.78, 5) is 4.76. The van der Waals surface area contributed by atoms with Crippen molar-refractivity contribution in [3.63, 3.8) is 0 Å². The number of ether oxygens (including phenoxy) is 1. The van der Waals surface area contributed by atoms with E-state index in [1.54, 1.807) is 11.8 Å². The minimum atomic E-state index is 0.246. The first-order valence-electron chi connectivity index (χ1n) is 10.6. The van der Waals surface area contributed by atoms with Crippen LogP contribution in [-0.2, 0) is 24.1 Å². The third-order valence-electron chi connectivity index (χ3n) is 5.63. The van der Waals surface area contributed by atoms with Crippen LogP contribution in [0.4, 0.5) is 0 Å². The van der Waals surface area contributed by atoms with E-state index in [2.05, 4.69) is 55.7 Å². The minimum Gasteiger partial charge on any atom is -0.376 e. The standard InChI is InChI=1S/C24H25N5OS/c1-28-22(26-27-23(28)19-11-6-3-7-12-19)17-31-24-25-15-21(18-9-4-2-5-10-18)29(24)16-20-13-8-14-30-20/h2-7,9-12,15,20H,8,13-14,16-17H2,1H3. The maximum Gasteiger partial charge on any atom is 0.168 e. The molecule has 1 saturated heterocycles. The zero-order valence-corrected chi connectivity index (χ0v) is 18.3. The summed E-state index contributed by atoms with van der Waals surface area (Å²) < 4.78 is 10.3. The summed E-state index contributed by atoms with van der Waals surface area (Å²) >= 11 is 1.69. The zero-order valence-electron chi connectivity index (χ0n) is 17.5. The van der Waals surface area contributed by atoms with Crippen LogP contribution in [0.5, 0.6) is 0 Å². The van der Waals surface area contributed by atoms with Crippen LogP contribution in [0.2, 0.25) is 0 Å². The molecule has 3 heterocycles. The monoisotopic (exact) mass is 431 g/mol. The number of benzene rings is 2. The maximum atomic E-state index is 5.92. The van der Waals surface area contributed by atoms with Crippen LogP contribution < -0.4 is 0 Å². The lowest BCUT2D eigenvalue weighted by atomic mass is 10.1. The Balaban J connectivity index is 1.39. The first-order chi connectivity index (χ1) is 15.3. The summed E-state index contributed by atoms with van der Waals surface area (Å²) in [5, 5.41) is 9.83. The highest BCUT2D eigenvalue weighted by atomic mass is 32.2. The van der Waals surface area contributed by atoms with Crippen molar-refractivity contribution in [2.45, 2.75) is 36.4 Å². The summed E-state index contributed by atoms with van der Waals surface area (Å²) in [6, 6.07) is 20.6. The molecule has 0 bridgehead atoms. The molecule has 0 amide bonds. The molecule has 158 valence electrons. The molecule has 0 saturated carbocycles. The van der Waals surface area contributed by atoms with Crippen LogP contribution >= 0.6 is 11.8 Å². The summed E-state index contributed by atoms with van der Waals surface area (Å²) in [6.45, 7) is 1.67. The number of thioether (sulfide) groups is 1.